The van der Waals surface area contributed by atoms with E-state index < -0.39 is 0 Å². The zero-order valence-electron chi connectivity index (χ0n) is 7.15. The number of aryl methyl sites for hydroxylation is 1. The summed E-state index contributed by atoms with van der Waals surface area (Å²) in [6, 6.07) is -0.0452. The summed E-state index contributed by atoms with van der Waals surface area (Å²) in [5.74, 6) is 1.11. The molecular weight excluding hydrogens is 140 g/mol. The molecule has 1 atom stereocenters. The lowest BCUT2D eigenvalue weighted by Crippen LogP contribution is -2.18. The van der Waals surface area contributed by atoms with E-state index in [-0.39, 0.29) is 6.04 Å². The molecule has 0 bridgehead atoms. The minimum absolute atomic E-state index is 0.0452. The fourth-order valence-electron chi connectivity index (χ4n) is 0.807. The van der Waals surface area contributed by atoms with E-state index >= 15 is 0 Å². The lowest BCUT2D eigenvalue weighted by Gasteiger charge is -2.10. The molecule has 0 spiro atoms. The van der Waals surface area contributed by atoms with Gasteiger partial charge in [-0.05, 0) is 5.92 Å². The summed E-state index contributed by atoms with van der Waals surface area (Å²) in [5.41, 5.74) is 5.81. The number of rotatable bonds is 2. The van der Waals surface area contributed by atoms with Gasteiger partial charge in [-0.1, -0.05) is 13.8 Å². The Balaban J connectivity index is 2.76. The van der Waals surface area contributed by atoms with Gasteiger partial charge in [0.15, 0.2) is 5.82 Å². The van der Waals surface area contributed by atoms with Crippen molar-refractivity contribution in [1.29, 1.82) is 0 Å². The van der Waals surface area contributed by atoms with E-state index in [1.54, 1.807) is 11.0 Å². The molecule has 0 fully saturated rings. The Morgan fingerprint density at radius 1 is 1.55 bits per heavy atom. The third-order valence-electron chi connectivity index (χ3n) is 1.63. The quantitative estimate of drug-likeness (QED) is 0.673. The zero-order chi connectivity index (χ0) is 8.43. The summed E-state index contributed by atoms with van der Waals surface area (Å²) < 4.78 is 1.66. The molecule has 1 rings (SSSR count). The predicted molar refractivity (Wildman–Crippen MR) is 42.8 cm³/mol. The van der Waals surface area contributed by atoms with Crippen LogP contribution in [0.25, 0.3) is 0 Å². The van der Waals surface area contributed by atoms with Crippen LogP contribution in [0.15, 0.2) is 6.33 Å². The minimum Gasteiger partial charge on any atom is -0.321 e. The first-order valence-corrected chi connectivity index (χ1v) is 3.72. The molecule has 0 amide bonds. The van der Waals surface area contributed by atoms with E-state index in [4.69, 9.17) is 5.73 Å². The van der Waals surface area contributed by atoms with Crippen molar-refractivity contribution in [3.63, 3.8) is 0 Å². The highest BCUT2D eigenvalue weighted by Crippen LogP contribution is 2.13. The van der Waals surface area contributed by atoms with Gasteiger partial charge in [-0.3, -0.25) is 4.68 Å². The maximum Gasteiger partial charge on any atom is 0.167 e. The van der Waals surface area contributed by atoms with Crippen molar-refractivity contribution in [2.75, 3.05) is 0 Å². The van der Waals surface area contributed by atoms with E-state index in [2.05, 4.69) is 23.9 Å². The molecular formula is C7H14N4. The number of aromatic nitrogens is 3. The molecule has 4 nitrogen and oxygen atoms in total. The highest BCUT2D eigenvalue weighted by atomic mass is 15.3. The average Bonchev–Trinajstić information content (AvgIpc) is 2.34. The van der Waals surface area contributed by atoms with Gasteiger partial charge in [0, 0.05) is 7.05 Å². The molecule has 0 radical (unpaired) electrons. The second kappa shape index (κ2) is 3.00. The van der Waals surface area contributed by atoms with Gasteiger partial charge in [0.1, 0.15) is 6.33 Å². The van der Waals surface area contributed by atoms with Gasteiger partial charge in [0.2, 0.25) is 0 Å². The summed E-state index contributed by atoms with van der Waals surface area (Å²) in [4.78, 5) is 4.06. The van der Waals surface area contributed by atoms with Crippen molar-refractivity contribution in [1.82, 2.24) is 14.8 Å². The molecule has 0 unspecified atom stereocenters. The summed E-state index contributed by atoms with van der Waals surface area (Å²) in [6.45, 7) is 4.11. The van der Waals surface area contributed by atoms with Gasteiger partial charge in [-0.25, -0.2) is 4.98 Å². The molecule has 0 aliphatic carbocycles. The second-order valence-corrected chi connectivity index (χ2v) is 3.05. The van der Waals surface area contributed by atoms with Crippen LogP contribution >= 0.6 is 0 Å². The van der Waals surface area contributed by atoms with Crippen LogP contribution in [0.5, 0.6) is 0 Å². The van der Waals surface area contributed by atoms with Gasteiger partial charge in [-0.2, -0.15) is 5.10 Å². The monoisotopic (exact) mass is 154 g/mol. The molecule has 0 aliphatic heterocycles. The third-order valence-corrected chi connectivity index (χ3v) is 1.63. The Morgan fingerprint density at radius 2 is 2.18 bits per heavy atom. The summed E-state index contributed by atoms with van der Waals surface area (Å²) >= 11 is 0. The number of hydrogen-bond donors (Lipinski definition) is 1. The first-order valence-electron chi connectivity index (χ1n) is 3.72. The highest BCUT2D eigenvalue weighted by Gasteiger charge is 2.13. The lowest BCUT2D eigenvalue weighted by molar-refractivity contribution is 0.487. The normalized spacial score (nSPS) is 13.9. The molecule has 4 heteroatoms. The van der Waals surface area contributed by atoms with Gasteiger partial charge < -0.3 is 5.73 Å². The molecule has 0 aromatic carbocycles. The zero-order valence-corrected chi connectivity index (χ0v) is 7.15. The van der Waals surface area contributed by atoms with Crippen LogP contribution < -0.4 is 5.73 Å². The van der Waals surface area contributed by atoms with Crippen LogP contribution in [-0.4, -0.2) is 14.8 Å². The summed E-state index contributed by atoms with van der Waals surface area (Å²) in [5, 5.41) is 4.11. The topological polar surface area (TPSA) is 56.7 Å². The van der Waals surface area contributed by atoms with E-state index in [0.717, 1.165) is 5.82 Å². The van der Waals surface area contributed by atoms with E-state index in [1.165, 1.54) is 0 Å². The number of hydrogen-bond acceptors (Lipinski definition) is 3. The fourth-order valence-corrected chi connectivity index (χ4v) is 0.807. The molecule has 1 heterocycles. The number of nitrogens with two attached hydrogens (primary N) is 1. The largest absolute Gasteiger partial charge is 0.321 e. The van der Waals surface area contributed by atoms with Gasteiger partial charge in [0.25, 0.3) is 0 Å². The molecule has 1 aromatic heterocycles. The standard InChI is InChI=1S/C7H14N4/c1-5(2)6(8)7-9-4-11(3)10-7/h4-6H,8H2,1-3H3/t6-/m0/s1. The predicted octanol–water partition coefficient (Wildman–Crippen LogP) is 0.471. The summed E-state index contributed by atoms with van der Waals surface area (Å²) in [6.07, 6.45) is 1.66. The van der Waals surface area contributed by atoms with Crippen LogP contribution in [0.2, 0.25) is 0 Å². The van der Waals surface area contributed by atoms with Crippen molar-refractivity contribution >= 4 is 0 Å². The van der Waals surface area contributed by atoms with Gasteiger partial charge >= 0.3 is 0 Å². The van der Waals surface area contributed by atoms with Crippen molar-refractivity contribution < 1.29 is 0 Å². The molecule has 0 saturated heterocycles. The Hall–Kier alpha value is -0.900. The molecule has 11 heavy (non-hydrogen) atoms. The third kappa shape index (κ3) is 1.77. The van der Waals surface area contributed by atoms with Crippen molar-refractivity contribution in [3.8, 4) is 0 Å². The molecule has 1 aromatic rings. The fraction of sp³-hybridized carbons (Fsp3) is 0.714. The lowest BCUT2D eigenvalue weighted by atomic mass is 10.1. The Kier molecular flexibility index (Phi) is 2.24. The van der Waals surface area contributed by atoms with Crippen LogP contribution in [0.3, 0.4) is 0 Å². The van der Waals surface area contributed by atoms with Crippen molar-refractivity contribution in [2.45, 2.75) is 19.9 Å². The SMILES string of the molecule is CC(C)[C@H](N)c1ncn(C)n1. The number of nitrogens with zero attached hydrogens (tertiary/aromatic N) is 3. The van der Waals surface area contributed by atoms with Crippen LogP contribution in [-0.2, 0) is 7.05 Å². The van der Waals surface area contributed by atoms with E-state index in [9.17, 15) is 0 Å². The van der Waals surface area contributed by atoms with Crippen LogP contribution in [0, 0.1) is 5.92 Å². The van der Waals surface area contributed by atoms with E-state index in [1.807, 2.05) is 7.05 Å². The van der Waals surface area contributed by atoms with Crippen molar-refractivity contribution in [2.24, 2.45) is 18.7 Å². The van der Waals surface area contributed by atoms with Gasteiger partial charge in [-0.15, -0.1) is 0 Å². The van der Waals surface area contributed by atoms with Crippen LogP contribution in [0.4, 0.5) is 0 Å². The molecule has 2 N–H and O–H groups in total. The molecule has 62 valence electrons. The first kappa shape index (κ1) is 8.20. The average molecular weight is 154 g/mol. The second-order valence-electron chi connectivity index (χ2n) is 3.05. The van der Waals surface area contributed by atoms with Crippen molar-refractivity contribution in [3.05, 3.63) is 12.2 Å². The van der Waals surface area contributed by atoms with Crippen LogP contribution in [0.1, 0.15) is 25.7 Å². The summed E-state index contributed by atoms with van der Waals surface area (Å²) in [7, 11) is 1.84. The maximum absolute atomic E-state index is 5.81. The first-order chi connectivity index (χ1) is 5.11. The highest BCUT2D eigenvalue weighted by molar-refractivity contribution is 4.91. The smallest absolute Gasteiger partial charge is 0.167 e. The van der Waals surface area contributed by atoms with E-state index in [0.29, 0.717) is 5.92 Å². The Morgan fingerprint density at radius 3 is 2.55 bits per heavy atom. The van der Waals surface area contributed by atoms with Gasteiger partial charge in [0.05, 0.1) is 6.04 Å². The molecule has 0 aliphatic rings. The minimum atomic E-state index is -0.0452. The Bertz CT molecular complexity index is 228. The Labute approximate surface area is 66.4 Å². The maximum atomic E-state index is 5.81. The molecule has 0 saturated carbocycles.